The Kier molecular flexibility index (Phi) is 5.35. The quantitative estimate of drug-likeness (QED) is 0.882. The SMILES string of the molecule is O=C(N/C=C/c1ccc(F)cc1)NCc1ccccc1Cl. The van der Waals surface area contributed by atoms with Gasteiger partial charge in [-0.1, -0.05) is 41.9 Å². The highest BCUT2D eigenvalue weighted by molar-refractivity contribution is 6.31. The van der Waals surface area contributed by atoms with Crippen LogP contribution in [0.5, 0.6) is 0 Å². The topological polar surface area (TPSA) is 41.1 Å². The third kappa shape index (κ3) is 4.93. The standard InChI is InChI=1S/C16H14ClFN2O/c17-15-4-2-1-3-13(15)11-20-16(21)19-10-9-12-5-7-14(18)8-6-12/h1-10H,11H2,(H2,19,20,21)/b10-9+. The molecule has 0 saturated carbocycles. The highest BCUT2D eigenvalue weighted by atomic mass is 35.5. The lowest BCUT2D eigenvalue weighted by atomic mass is 10.2. The van der Waals surface area contributed by atoms with Gasteiger partial charge >= 0.3 is 6.03 Å². The highest BCUT2D eigenvalue weighted by Gasteiger charge is 2.01. The minimum Gasteiger partial charge on any atom is -0.334 e. The predicted molar refractivity (Wildman–Crippen MR) is 82.3 cm³/mol. The van der Waals surface area contributed by atoms with Gasteiger partial charge in [0.15, 0.2) is 0 Å². The molecule has 0 fully saturated rings. The van der Waals surface area contributed by atoms with Crippen LogP contribution in [0, 0.1) is 5.82 Å². The minimum atomic E-state index is -0.340. The van der Waals surface area contributed by atoms with Gasteiger partial charge in [0.1, 0.15) is 5.82 Å². The summed E-state index contributed by atoms with van der Waals surface area (Å²) in [5, 5.41) is 5.87. The van der Waals surface area contributed by atoms with Crippen LogP contribution in [-0.2, 0) is 6.54 Å². The van der Waals surface area contributed by atoms with Gasteiger partial charge in [-0.3, -0.25) is 0 Å². The van der Waals surface area contributed by atoms with Crippen LogP contribution < -0.4 is 10.6 Å². The Labute approximate surface area is 127 Å². The summed E-state index contributed by atoms with van der Waals surface area (Å²) in [5.41, 5.74) is 1.64. The number of rotatable bonds is 4. The van der Waals surface area contributed by atoms with Gasteiger partial charge in [-0.05, 0) is 35.4 Å². The second kappa shape index (κ2) is 7.45. The molecule has 2 N–H and O–H groups in total. The van der Waals surface area contributed by atoms with Gasteiger partial charge in [-0.25, -0.2) is 9.18 Å². The lowest BCUT2D eigenvalue weighted by molar-refractivity contribution is 0.244. The monoisotopic (exact) mass is 304 g/mol. The number of hydrogen-bond acceptors (Lipinski definition) is 1. The first kappa shape index (κ1) is 15.1. The second-order valence-electron chi connectivity index (χ2n) is 4.30. The third-order valence-electron chi connectivity index (χ3n) is 2.76. The van der Waals surface area contributed by atoms with E-state index in [0.717, 1.165) is 11.1 Å². The van der Waals surface area contributed by atoms with E-state index >= 15 is 0 Å². The number of carbonyl (C=O) groups excluding carboxylic acids is 1. The normalized spacial score (nSPS) is 10.6. The molecule has 5 heteroatoms. The van der Waals surface area contributed by atoms with Crippen LogP contribution in [0.4, 0.5) is 9.18 Å². The van der Waals surface area contributed by atoms with Crippen molar-refractivity contribution in [2.24, 2.45) is 0 Å². The Morgan fingerprint density at radius 1 is 1.14 bits per heavy atom. The number of carbonyl (C=O) groups is 1. The van der Waals surface area contributed by atoms with E-state index in [1.165, 1.54) is 18.3 Å². The molecule has 3 nitrogen and oxygen atoms in total. The van der Waals surface area contributed by atoms with Crippen LogP contribution in [0.2, 0.25) is 5.02 Å². The maximum absolute atomic E-state index is 12.7. The summed E-state index contributed by atoms with van der Waals surface area (Å²) in [5.74, 6) is -0.294. The second-order valence-corrected chi connectivity index (χ2v) is 4.71. The minimum absolute atomic E-state index is 0.294. The molecule has 0 bridgehead atoms. The fourth-order valence-electron chi connectivity index (χ4n) is 1.66. The van der Waals surface area contributed by atoms with Crippen molar-refractivity contribution in [1.29, 1.82) is 0 Å². The van der Waals surface area contributed by atoms with Crippen LogP contribution in [-0.4, -0.2) is 6.03 Å². The van der Waals surface area contributed by atoms with Crippen molar-refractivity contribution in [3.8, 4) is 0 Å². The van der Waals surface area contributed by atoms with Crippen molar-refractivity contribution in [3.63, 3.8) is 0 Å². The first-order chi connectivity index (χ1) is 10.1. The smallest absolute Gasteiger partial charge is 0.319 e. The Hall–Kier alpha value is -2.33. The molecule has 0 heterocycles. The Morgan fingerprint density at radius 3 is 2.57 bits per heavy atom. The zero-order valence-electron chi connectivity index (χ0n) is 11.1. The van der Waals surface area contributed by atoms with E-state index in [2.05, 4.69) is 10.6 Å². The van der Waals surface area contributed by atoms with Crippen molar-refractivity contribution < 1.29 is 9.18 Å². The van der Waals surface area contributed by atoms with Gasteiger partial charge in [0.05, 0.1) is 0 Å². The van der Waals surface area contributed by atoms with Crippen molar-refractivity contribution in [2.45, 2.75) is 6.54 Å². The van der Waals surface area contributed by atoms with Crippen molar-refractivity contribution in [2.75, 3.05) is 0 Å². The lowest BCUT2D eigenvalue weighted by Gasteiger charge is -2.06. The molecule has 0 unspecified atom stereocenters. The summed E-state index contributed by atoms with van der Waals surface area (Å²) in [6.45, 7) is 0.343. The average Bonchev–Trinajstić information content (AvgIpc) is 2.48. The van der Waals surface area contributed by atoms with E-state index in [1.807, 2.05) is 18.2 Å². The van der Waals surface area contributed by atoms with Crippen molar-refractivity contribution in [3.05, 3.63) is 76.7 Å². The molecule has 0 saturated heterocycles. The fraction of sp³-hybridized carbons (Fsp3) is 0.0625. The molecular weight excluding hydrogens is 291 g/mol. The van der Waals surface area contributed by atoms with Gasteiger partial charge in [0.25, 0.3) is 0 Å². The van der Waals surface area contributed by atoms with Gasteiger partial charge in [-0.2, -0.15) is 0 Å². The molecular formula is C16H14ClFN2O. The highest BCUT2D eigenvalue weighted by Crippen LogP contribution is 2.14. The van der Waals surface area contributed by atoms with Crippen LogP contribution >= 0.6 is 11.6 Å². The summed E-state index contributed by atoms with van der Waals surface area (Å²) in [6.07, 6.45) is 3.17. The number of nitrogens with one attached hydrogen (secondary N) is 2. The zero-order valence-corrected chi connectivity index (χ0v) is 11.9. The third-order valence-corrected chi connectivity index (χ3v) is 3.13. The van der Waals surface area contributed by atoms with Crippen molar-refractivity contribution >= 4 is 23.7 Å². The summed E-state index contributed by atoms with van der Waals surface area (Å²) < 4.78 is 12.7. The van der Waals surface area contributed by atoms with Gasteiger partial charge < -0.3 is 10.6 Å². The van der Waals surface area contributed by atoms with Crippen LogP contribution in [0.25, 0.3) is 6.08 Å². The van der Waals surface area contributed by atoms with Gasteiger partial charge in [0, 0.05) is 17.8 Å². The van der Waals surface area contributed by atoms with Crippen LogP contribution in [0.3, 0.4) is 0 Å². The number of benzene rings is 2. The number of amides is 2. The molecule has 2 rings (SSSR count). The van der Waals surface area contributed by atoms with Gasteiger partial charge in [-0.15, -0.1) is 0 Å². The molecule has 108 valence electrons. The molecule has 0 atom stereocenters. The Morgan fingerprint density at radius 2 is 1.86 bits per heavy atom. The van der Waals surface area contributed by atoms with Crippen LogP contribution in [0.1, 0.15) is 11.1 Å². The maximum atomic E-state index is 12.7. The van der Waals surface area contributed by atoms with Crippen LogP contribution in [0.15, 0.2) is 54.7 Å². The van der Waals surface area contributed by atoms with E-state index in [-0.39, 0.29) is 11.8 Å². The molecule has 2 aromatic rings. The Bertz CT molecular complexity index is 641. The predicted octanol–water partition coefficient (Wildman–Crippen LogP) is 3.95. The molecule has 0 spiro atoms. The molecule has 0 aliphatic carbocycles. The Balaban J connectivity index is 1.80. The largest absolute Gasteiger partial charge is 0.334 e. The molecule has 2 amide bonds. The zero-order chi connectivity index (χ0) is 15.1. The summed E-state index contributed by atoms with van der Waals surface area (Å²) >= 11 is 5.99. The molecule has 21 heavy (non-hydrogen) atoms. The number of hydrogen-bond donors (Lipinski definition) is 2. The van der Waals surface area contributed by atoms with Gasteiger partial charge in [0.2, 0.25) is 0 Å². The molecule has 0 aromatic heterocycles. The van der Waals surface area contributed by atoms with E-state index in [0.29, 0.717) is 11.6 Å². The number of halogens is 2. The van der Waals surface area contributed by atoms with Crippen molar-refractivity contribution in [1.82, 2.24) is 10.6 Å². The first-order valence-corrected chi connectivity index (χ1v) is 6.73. The molecule has 0 aliphatic heterocycles. The average molecular weight is 305 g/mol. The maximum Gasteiger partial charge on any atom is 0.319 e. The molecule has 2 aromatic carbocycles. The molecule has 0 aliphatic rings. The van der Waals surface area contributed by atoms with E-state index in [9.17, 15) is 9.18 Å². The fourth-order valence-corrected chi connectivity index (χ4v) is 1.86. The van der Waals surface area contributed by atoms with E-state index in [1.54, 1.807) is 24.3 Å². The first-order valence-electron chi connectivity index (χ1n) is 6.35. The summed E-state index contributed by atoms with van der Waals surface area (Å²) in [4.78, 5) is 11.6. The summed E-state index contributed by atoms with van der Waals surface area (Å²) in [6, 6.07) is 12.9. The number of urea groups is 1. The summed E-state index contributed by atoms with van der Waals surface area (Å²) in [7, 11) is 0. The lowest BCUT2D eigenvalue weighted by Crippen LogP contribution is -2.31. The van der Waals surface area contributed by atoms with E-state index in [4.69, 9.17) is 11.6 Å². The van der Waals surface area contributed by atoms with E-state index < -0.39 is 0 Å². The molecule has 0 radical (unpaired) electrons.